The molecule has 1 aliphatic carbocycles. The molecule has 1 aromatic rings. The van der Waals surface area contributed by atoms with Gasteiger partial charge in [0.1, 0.15) is 18.1 Å². The van der Waals surface area contributed by atoms with Crippen molar-refractivity contribution in [2.75, 3.05) is 47.6 Å². The van der Waals surface area contributed by atoms with Crippen LogP contribution in [0.5, 0.6) is 0 Å². The fourth-order valence-corrected chi connectivity index (χ4v) is 10.5. The Bertz CT molecular complexity index is 1950. The van der Waals surface area contributed by atoms with Crippen molar-refractivity contribution in [2.24, 2.45) is 23.7 Å². The van der Waals surface area contributed by atoms with E-state index in [9.17, 15) is 43.5 Å². The lowest BCUT2D eigenvalue weighted by Gasteiger charge is -2.41. The highest BCUT2D eigenvalue weighted by Gasteiger charge is 2.52. The van der Waals surface area contributed by atoms with Gasteiger partial charge in [0.05, 0.1) is 62.8 Å². The zero-order chi connectivity index (χ0) is 49.1. The third kappa shape index (κ3) is 12.7. The smallest absolute Gasteiger partial charge is 0.326 e. The van der Waals surface area contributed by atoms with Crippen molar-refractivity contribution in [3.05, 3.63) is 48.0 Å². The number of rotatable bonds is 25. The minimum absolute atomic E-state index is 0.0111. The van der Waals surface area contributed by atoms with Crippen molar-refractivity contribution in [1.82, 2.24) is 30.2 Å². The first-order valence-corrected chi connectivity index (χ1v) is 23.8. The summed E-state index contributed by atoms with van der Waals surface area (Å²) in [7, 11) is 4.65. The van der Waals surface area contributed by atoms with Gasteiger partial charge in [-0.3, -0.25) is 38.5 Å². The Hall–Kier alpha value is -5.20. The second kappa shape index (κ2) is 24.2. The molecule has 3 heterocycles. The predicted molar refractivity (Wildman–Crippen MR) is 246 cm³/mol. The Morgan fingerprint density at radius 3 is 2.19 bits per heavy atom. The molecule has 4 aliphatic rings. The number of amides is 7. The number of benzene rings is 1. The normalized spacial score (nSPS) is 23.2. The Labute approximate surface area is 394 Å². The van der Waals surface area contributed by atoms with E-state index in [-0.39, 0.29) is 80.5 Å². The maximum absolute atomic E-state index is 14.6. The lowest BCUT2D eigenvalue weighted by atomic mass is 9.89. The third-order valence-corrected chi connectivity index (χ3v) is 14.3. The number of fused-ring (bicyclic) bond motifs is 2. The summed E-state index contributed by atoms with van der Waals surface area (Å²) in [6, 6.07) is 5.01. The first-order valence-electron chi connectivity index (χ1n) is 23.8. The molecule has 2 bridgehead atoms. The third-order valence-electron chi connectivity index (χ3n) is 14.3. The average molecular weight is 937 g/mol. The van der Waals surface area contributed by atoms with Gasteiger partial charge in [-0.2, -0.15) is 0 Å². The minimum atomic E-state index is -1.16. The number of nitrogens with one attached hydrogen (secondary N) is 2. The van der Waals surface area contributed by atoms with Crippen LogP contribution in [0.2, 0.25) is 0 Å². The van der Waals surface area contributed by atoms with Gasteiger partial charge in [-0.05, 0) is 55.4 Å². The van der Waals surface area contributed by atoms with Crippen molar-refractivity contribution in [3.63, 3.8) is 0 Å². The van der Waals surface area contributed by atoms with E-state index in [1.165, 1.54) is 26.4 Å². The van der Waals surface area contributed by atoms with Gasteiger partial charge in [-0.25, -0.2) is 4.79 Å². The van der Waals surface area contributed by atoms with Crippen LogP contribution in [0.3, 0.4) is 0 Å². The van der Waals surface area contributed by atoms with E-state index in [1.807, 2.05) is 33.8 Å². The van der Waals surface area contributed by atoms with Crippen LogP contribution in [0, 0.1) is 23.7 Å². The van der Waals surface area contributed by atoms with Gasteiger partial charge in [0, 0.05) is 52.4 Å². The molecule has 0 spiro atoms. The number of hydrogen-bond acceptors (Lipinski definition) is 11. The molecule has 3 fully saturated rings. The fourth-order valence-electron chi connectivity index (χ4n) is 10.5. The number of imide groups is 1. The lowest BCUT2D eigenvalue weighted by molar-refractivity contribution is -0.149. The molecule has 3 unspecified atom stereocenters. The molecule has 370 valence electrons. The van der Waals surface area contributed by atoms with Gasteiger partial charge >= 0.3 is 5.97 Å². The van der Waals surface area contributed by atoms with Gasteiger partial charge < -0.3 is 44.7 Å². The minimum Gasteiger partial charge on any atom is -0.480 e. The molecule has 1 aromatic carbocycles. The molecule has 67 heavy (non-hydrogen) atoms. The Morgan fingerprint density at radius 1 is 0.896 bits per heavy atom. The van der Waals surface area contributed by atoms with E-state index >= 15 is 0 Å². The summed E-state index contributed by atoms with van der Waals surface area (Å²) in [5, 5.41) is 15.6. The summed E-state index contributed by atoms with van der Waals surface area (Å²) >= 11 is 0. The highest BCUT2D eigenvalue weighted by Crippen LogP contribution is 2.43. The van der Waals surface area contributed by atoms with E-state index in [4.69, 9.17) is 14.2 Å². The number of carboxylic acid groups (broad SMARTS) is 1. The number of likely N-dealkylation sites (tertiary alicyclic amines) is 2. The molecule has 11 atom stereocenters. The fraction of sp³-hybridized carbons (Fsp3) is 0.673. The number of hydrogen-bond donors (Lipinski definition) is 3. The Morgan fingerprint density at radius 2 is 1.58 bits per heavy atom. The summed E-state index contributed by atoms with van der Waals surface area (Å²) < 4.78 is 17.6. The summed E-state index contributed by atoms with van der Waals surface area (Å²) in [5.41, 5.74) is 0.763. The molecule has 0 radical (unpaired) electrons. The maximum Gasteiger partial charge on any atom is 0.326 e. The molecule has 0 aromatic heterocycles. The van der Waals surface area contributed by atoms with Crippen molar-refractivity contribution >= 4 is 47.3 Å². The van der Waals surface area contributed by atoms with Crippen molar-refractivity contribution in [1.29, 1.82) is 0 Å². The number of nitrogens with zero attached hydrogens (tertiary/aromatic N) is 4. The molecule has 18 heteroatoms. The van der Waals surface area contributed by atoms with Gasteiger partial charge in [0.15, 0.2) is 0 Å². The number of carbonyl (C=O) groups is 8. The monoisotopic (exact) mass is 937 g/mol. The topological polar surface area (TPSA) is 222 Å². The van der Waals surface area contributed by atoms with E-state index in [0.717, 1.165) is 23.3 Å². The van der Waals surface area contributed by atoms with Crippen molar-refractivity contribution in [3.8, 4) is 0 Å². The number of piperidine rings is 1. The number of likely N-dealkylation sites (N-methyl/N-ethyl adjacent to an activating group) is 1. The van der Waals surface area contributed by atoms with Gasteiger partial charge in [0.2, 0.25) is 29.5 Å². The quantitative estimate of drug-likeness (QED) is 0.0952. The van der Waals surface area contributed by atoms with Crippen LogP contribution in [0.4, 0.5) is 0 Å². The van der Waals surface area contributed by atoms with E-state index in [2.05, 4.69) is 10.6 Å². The average Bonchev–Trinajstić information content (AvgIpc) is 4.13. The van der Waals surface area contributed by atoms with Gasteiger partial charge in [-0.15, -0.1) is 0 Å². The van der Waals surface area contributed by atoms with Crippen LogP contribution in [0.25, 0.3) is 0 Å². The van der Waals surface area contributed by atoms with Gasteiger partial charge in [-0.1, -0.05) is 71.4 Å². The molecular formula is C49H72N6O12. The first kappa shape index (κ1) is 52.8. The lowest BCUT2D eigenvalue weighted by Crippen LogP contribution is -2.60. The van der Waals surface area contributed by atoms with Gasteiger partial charge in [0.25, 0.3) is 11.8 Å². The second-order valence-electron chi connectivity index (χ2n) is 18.9. The highest BCUT2D eigenvalue weighted by atomic mass is 16.5. The summed E-state index contributed by atoms with van der Waals surface area (Å²) in [6.45, 7) is 9.95. The number of ether oxygens (including phenoxy) is 3. The Kier molecular flexibility index (Phi) is 19.1. The Balaban J connectivity index is 1.22. The highest BCUT2D eigenvalue weighted by molar-refractivity contribution is 6.12. The number of aliphatic carboxylic acids is 1. The molecule has 3 N–H and O–H groups in total. The zero-order valence-electron chi connectivity index (χ0n) is 40.4. The van der Waals surface area contributed by atoms with E-state index in [1.54, 1.807) is 52.9 Å². The van der Waals surface area contributed by atoms with Crippen molar-refractivity contribution in [2.45, 2.75) is 141 Å². The van der Waals surface area contributed by atoms with Crippen LogP contribution in [0.1, 0.15) is 91.5 Å². The standard InChI is InChI=1S/C49H72N6O12/c1-9-30(4)43(37(65-7)28-41(59)53-22-13-16-36(53)45(66-8)31(5)46(60)50-35(49(63)64)26-32-14-11-10-12-15-32)52(6)48(62)42(29(2)3)51-47(61)44-33-17-18-34(27-33)55(44)40(58)21-24-67-25-23-54-38(56)19-20-39(54)57/h10-12,14-15,19-20,29-31,33-37,42-45H,9,13,16-18,21-28H2,1-8H3,(H,50,60)(H,51,61)(H,63,64)/t30-,31+,33-,34+,35?,36?,37+,42?,43-,44-,45+/m0/s1. The van der Waals surface area contributed by atoms with Crippen LogP contribution >= 0.6 is 0 Å². The molecule has 3 aliphatic heterocycles. The first-order chi connectivity index (χ1) is 31.9. The van der Waals surface area contributed by atoms with Crippen LogP contribution in [0.15, 0.2) is 42.5 Å². The number of methoxy groups -OCH3 is 2. The summed E-state index contributed by atoms with van der Waals surface area (Å²) in [4.78, 5) is 112. The molecule has 18 nitrogen and oxygen atoms in total. The molecule has 7 amide bonds. The summed E-state index contributed by atoms with van der Waals surface area (Å²) in [5.74, 6) is -5.03. The second-order valence-corrected chi connectivity index (χ2v) is 18.9. The molecule has 1 saturated carbocycles. The molecular weight excluding hydrogens is 865 g/mol. The van der Waals surface area contributed by atoms with E-state index < -0.39 is 77.9 Å². The predicted octanol–water partition coefficient (Wildman–Crippen LogP) is 2.57. The number of carbonyl (C=O) groups excluding carboxylic acids is 7. The largest absolute Gasteiger partial charge is 0.480 e. The van der Waals surface area contributed by atoms with E-state index in [0.29, 0.717) is 32.2 Å². The maximum atomic E-state index is 14.6. The SMILES string of the molecule is CC[C@H](C)[C@@H]([C@@H](CC(=O)N1CCCC1[C@H](OC)[C@@H](C)C(=O)NC(Cc1ccccc1)C(=O)O)OC)N(C)C(=O)C(NC(=O)[C@@H]1[C@H]2CC[C@H](C2)N1C(=O)CCOCCN1C(=O)C=CC1=O)C(C)C. The van der Waals surface area contributed by atoms with Crippen LogP contribution < -0.4 is 10.6 Å². The molecule has 2 saturated heterocycles. The summed E-state index contributed by atoms with van der Waals surface area (Å²) in [6.07, 6.45) is 5.09. The number of carboxylic acids is 1. The molecule has 5 rings (SSSR count). The van der Waals surface area contributed by atoms with Crippen molar-refractivity contribution < 1.29 is 57.7 Å². The zero-order valence-corrected chi connectivity index (χ0v) is 40.4. The van der Waals surface area contributed by atoms with Crippen LogP contribution in [-0.2, 0) is 59.0 Å². The van der Waals surface area contributed by atoms with Crippen LogP contribution in [-0.4, -0.2) is 168 Å².